The standard InChI is InChI=1S/C8H9NO4S/c10-9(11)5-7-1-3-8(4-2-7)6-14(12)13/h1-4H,5-6H2,(H,12,13). The van der Waals surface area contributed by atoms with Crippen LogP contribution in [0.1, 0.15) is 11.1 Å². The molecule has 1 atom stereocenters. The van der Waals surface area contributed by atoms with E-state index >= 15 is 0 Å². The average molecular weight is 215 g/mol. The van der Waals surface area contributed by atoms with Crippen LogP contribution in [0, 0.1) is 10.1 Å². The van der Waals surface area contributed by atoms with Gasteiger partial charge in [-0.3, -0.25) is 10.1 Å². The van der Waals surface area contributed by atoms with Crippen molar-refractivity contribution in [3.05, 3.63) is 45.5 Å². The lowest BCUT2D eigenvalue weighted by Gasteiger charge is -1.98. The van der Waals surface area contributed by atoms with Crippen molar-refractivity contribution in [1.29, 1.82) is 0 Å². The summed E-state index contributed by atoms with van der Waals surface area (Å²) < 4.78 is 19.0. The van der Waals surface area contributed by atoms with E-state index in [1.165, 1.54) is 0 Å². The van der Waals surface area contributed by atoms with Crippen LogP contribution in [-0.4, -0.2) is 13.7 Å². The Morgan fingerprint density at radius 3 is 2.21 bits per heavy atom. The van der Waals surface area contributed by atoms with Crippen LogP contribution in [0.4, 0.5) is 0 Å². The van der Waals surface area contributed by atoms with Gasteiger partial charge in [0.1, 0.15) is 0 Å². The molecular formula is C8H9NO4S. The Hall–Kier alpha value is -1.27. The Bertz CT molecular complexity index is 314. The zero-order valence-corrected chi connectivity index (χ0v) is 8.07. The summed E-state index contributed by atoms with van der Waals surface area (Å²) in [6.07, 6.45) is 0. The summed E-state index contributed by atoms with van der Waals surface area (Å²) in [5.74, 6) is 0.0543. The van der Waals surface area contributed by atoms with Crippen molar-refractivity contribution in [3.8, 4) is 0 Å². The van der Waals surface area contributed by atoms with E-state index in [4.69, 9.17) is 4.55 Å². The van der Waals surface area contributed by atoms with E-state index in [-0.39, 0.29) is 12.3 Å². The molecule has 0 saturated heterocycles. The first-order valence-electron chi connectivity index (χ1n) is 3.85. The fourth-order valence-corrected chi connectivity index (χ4v) is 1.51. The maximum atomic E-state index is 10.4. The topological polar surface area (TPSA) is 80.4 Å². The molecule has 0 aliphatic carbocycles. The molecule has 0 bridgehead atoms. The molecule has 0 aliphatic heterocycles. The van der Waals surface area contributed by atoms with Crippen molar-refractivity contribution in [1.82, 2.24) is 0 Å². The van der Waals surface area contributed by atoms with Crippen LogP contribution in [0.5, 0.6) is 0 Å². The Balaban J connectivity index is 2.68. The Kier molecular flexibility index (Phi) is 3.73. The number of nitro groups is 1. The molecular weight excluding hydrogens is 206 g/mol. The van der Waals surface area contributed by atoms with Gasteiger partial charge in [-0.05, 0) is 5.56 Å². The molecule has 1 rings (SSSR count). The van der Waals surface area contributed by atoms with E-state index < -0.39 is 16.0 Å². The highest BCUT2D eigenvalue weighted by atomic mass is 32.2. The van der Waals surface area contributed by atoms with Crippen LogP contribution in [0.25, 0.3) is 0 Å². The second-order valence-corrected chi connectivity index (χ2v) is 3.70. The first-order valence-corrected chi connectivity index (χ1v) is 5.12. The van der Waals surface area contributed by atoms with Crippen molar-refractivity contribution in [2.24, 2.45) is 0 Å². The monoisotopic (exact) mass is 215 g/mol. The van der Waals surface area contributed by atoms with Crippen molar-refractivity contribution in [2.75, 3.05) is 0 Å². The van der Waals surface area contributed by atoms with Crippen LogP contribution in [0.3, 0.4) is 0 Å². The van der Waals surface area contributed by atoms with Gasteiger partial charge in [0, 0.05) is 10.5 Å². The average Bonchev–Trinajstić information content (AvgIpc) is 2.06. The van der Waals surface area contributed by atoms with E-state index in [0.717, 1.165) is 0 Å². The van der Waals surface area contributed by atoms with Crippen molar-refractivity contribution >= 4 is 11.1 Å². The normalized spacial score (nSPS) is 12.4. The van der Waals surface area contributed by atoms with Gasteiger partial charge in [0.2, 0.25) is 6.54 Å². The van der Waals surface area contributed by atoms with E-state index in [9.17, 15) is 14.3 Å². The molecule has 14 heavy (non-hydrogen) atoms. The zero-order chi connectivity index (χ0) is 10.6. The summed E-state index contributed by atoms with van der Waals surface area (Å²) in [4.78, 5) is 9.73. The number of nitrogens with zero attached hydrogens (tertiary/aromatic N) is 1. The van der Waals surface area contributed by atoms with Crippen molar-refractivity contribution in [3.63, 3.8) is 0 Å². The smallest absolute Gasteiger partial charge is 0.228 e. The van der Waals surface area contributed by atoms with Gasteiger partial charge in [0.25, 0.3) is 0 Å². The molecule has 1 aromatic rings. The summed E-state index contributed by atoms with van der Waals surface area (Å²) in [6.45, 7) is -0.220. The van der Waals surface area contributed by atoms with Gasteiger partial charge in [-0.15, -0.1) is 0 Å². The third-order valence-electron chi connectivity index (χ3n) is 1.62. The second kappa shape index (κ2) is 4.83. The third kappa shape index (κ3) is 3.63. The first-order chi connectivity index (χ1) is 6.58. The van der Waals surface area contributed by atoms with Gasteiger partial charge in [-0.1, -0.05) is 24.3 Å². The van der Waals surface area contributed by atoms with E-state index in [2.05, 4.69) is 0 Å². The molecule has 0 fully saturated rings. The Morgan fingerprint density at radius 2 is 1.79 bits per heavy atom. The summed E-state index contributed by atoms with van der Waals surface area (Å²) in [5, 5.41) is 10.1. The number of hydrogen-bond acceptors (Lipinski definition) is 3. The number of hydrogen-bond donors (Lipinski definition) is 1. The van der Waals surface area contributed by atoms with E-state index in [0.29, 0.717) is 11.1 Å². The van der Waals surface area contributed by atoms with Crippen LogP contribution in [0.15, 0.2) is 24.3 Å². The van der Waals surface area contributed by atoms with Gasteiger partial charge in [0.05, 0.1) is 5.75 Å². The van der Waals surface area contributed by atoms with Crippen LogP contribution in [-0.2, 0) is 23.4 Å². The van der Waals surface area contributed by atoms with E-state index in [1.54, 1.807) is 24.3 Å². The lowest BCUT2D eigenvalue weighted by atomic mass is 10.1. The fraction of sp³-hybridized carbons (Fsp3) is 0.250. The predicted molar refractivity (Wildman–Crippen MR) is 51.6 cm³/mol. The van der Waals surface area contributed by atoms with Gasteiger partial charge in [0.15, 0.2) is 11.1 Å². The Labute approximate surface area is 83.2 Å². The van der Waals surface area contributed by atoms with Crippen LogP contribution in [0.2, 0.25) is 0 Å². The minimum atomic E-state index is -1.87. The molecule has 0 aromatic heterocycles. The molecule has 0 amide bonds. The Morgan fingerprint density at radius 1 is 1.29 bits per heavy atom. The summed E-state index contributed by atoms with van der Waals surface area (Å²) in [7, 11) is 0. The highest BCUT2D eigenvalue weighted by molar-refractivity contribution is 7.78. The molecule has 0 heterocycles. The summed E-state index contributed by atoms with van der Waals surface area (Å²) in [5.41, 5.74) is 1.28. The van der Waals surface area contributed by atoms with Gasteiger partial charge in [-0.25, -0.2) is 4.21 Å². The summed E-state index contributed by atoms with van der Waals surface area (Å²) >= 11 is -1.87. The van der Waals surface area contributed by atoms with Crippen molar-refractivity contribution in [2.45, 2.75) is 12.3 Å². The van der Waals surface area contributed by atoms with Gasteiger partial charge >= 0.3 is 0 Å². The molecule has 1 unspecified atom stereocenters. The SMILES string of the molecule is O=[N+]([O-])Cc1ccc(CS(=O)O)cc1. The highest BCUT2D eigenvalue weighted by Gasteiger charge is 2.02. The number of rotatable bonds is 4. The lowest BCUT2D eigenvalue weighted by Crippen LogP contribution is -1.98. The molecule has 0 saturated carbocycles. The maximum absolute atomic E-state index is 10.4. The van der Waals surface area contributed by atoms with Crippen molar-refractivity contribution < 1.29 is 13.7 Å². The predicted octanol–water partition coefficient (Wildman–Crippen LogP) is 1.19. The molecule has 0 radical (unpaired) electrons. The molecule has 5 nitrogen and oxygen atoms in total. The summed E-state index contributed by atoms with van der Waals surface area (Å²) in [6, 6.07) is 6.41. The highest BCUT2D eigenvalue weighted by Crippen LogP contribution is 2.06. The molecule has 1 N–H and O–H groups in total. The number of benzene rings is 1. The fourth-order valence-electron chi connectivity index (χ4n) is 1.03. The van der Waals surface area contributed by atoms with E-state index in [1.807, 2.05) is 0 Å². The van der Waals surface area contributed by atoms with Crippen LogP contribution < -0.4 is 0 Å². The molecule has 0 spiro atoms. The van der Waals surface area contributed by atoms with Crippen LogP contribution >= 0.6 is 0 Å². The quantitative estimate of drug-likeness (QED) is 0.464. The lowest BCUT2D eigenvalue weighted by molar-refractivity contribution is -0.496. The molecule has 76 valence electrons. The molecule has 6 heteroatoms. The minimum Gasteiger partial charge on any atom is -0.306 e. The van der Waals surface area contributed by atoms with Gasteiger partial charge in [-0.2, -0.15) is 0 Å². The molecule has 0 aliphatic rings. The maximum Gasteiger partial charge on any atom is 0.228 e. The van der Waals surface area contributed by atoms with Gasteiger partial charge < -0.3 is 4.55 Å². The molecule has 1 aromatic carbocycles. The zero-order valence-electron chi connectivity index (χ0n) is 7.25. The first kappa shape index (κ1) is 10.8. The largest absolute Gasteiger partial charge is 0.306 e. The second-order valence-electron chi connectivity index (χ2n) is 2.77. The third-order valence-corrected chi connectivity index (χ3v) is 2.21. The minimum absolute atomic E-state index is 0.0543.